The molecule has 0 aromatic heterocycles. The average molecular weight is 338 g/mol. The van der Waals surface area contributed by atoms with Crippen LogP contribution in [0.2, 0.25) is 0 Å². The predicted molar refractivity (Wildman–Crippen MR) is 91.3 cm³/mol. The highest BCUT2D eigenvalue weighted by atomic mass is 16.5. The van der Waals surface area contributed by atoms with Crippen molar-refractivity contribution in [3.8, 4) is 17.6 Å². The minimum Gasteiger partial charge on any atom is -0.497 e. The molecule has 2 aromatic rings. The van der Waals surface area contributed by atoms with Gasteiger partial charge in [-0.2, -0.15) is 5.26 Å². The summed E-state index contributed by atoms with van der Waals surface area (Å²) >= 11 is 0. The number of nitriles is 1. The topological polar surface area (TPSA) is 88.4 Å². The monoisotopic (exact) mass is 338 g/mol. The number of methoxy groups -OCH3 is 2. The van der Waals surface area contributed by atoms with Crippen molar-refractivity contribution < 1.29 is 19.1 Å². The summed E-state index contributed by atoms with van der Waals surface area (Å²) in [4.78, 5) is 24.8. The lowest BCUT2D eigenvalue weighted by Gasteiger charge is -2.12. The fourth-order valence-corrected chi connectivity index (χ4v) is 2.24. The van der Waals surface area contributed by atoms with Gasteiger partial charge in [0.05, 0.1) is 20.3 Å². The Kier molecular flexibility index (Phi) is 6.13. The maximum Gasteiger partial charge on any atom is 0.245 e. The smallest absolute Gasteiger partial charge is 0.245 e. The van der Waals surface area contributed by atoms with Crippen molar-refractivity contribution in [1.29, 1.82) is 5.26 Å². The molecule has 25 heavy (non-hydrogen) atoms. The molecule has 1 atom stereocenters. The lowest BCUT2D eigenvalue weighted by atomic mass is 9.97. The van der Waals surface area contributed by atoms with E-state index in [4.69, 9.17) is 9.47 Å². The largest absolute Gasteiger partial charge is 0.497 e. The van der Waals surface area contributed by atoms with Gasteiger partial charge in [0.1, 0.15) is 11.5 Å². The molecule has 0 saturated carbocycles. The molecule has 0 saturated heterocycles. The molecule has 0 spiro atoms. The number of Topliss-reactive ketones (excluding diaryl/α,β-unsaturated/α-hetero) is 1. The number of hydrogen-bond donors (Lipinski definition) is 1. The first-order chi connectivity index (χ1) is 12.1. The maximum absolute atomic E-state index is 12.6. The van der Waals surface area contributed by atoms with Gasteiger partial charge < -0.3 is 14.8 Å². The van der Waals surface area contributed by atoms with Gasteiger partial charge in [-0.15, -0.1) is 0 Å². The van der Waals surface area contributed by atoms with E-state index in [1.54, 1.807) is 12.1 Å². The van der Waals surface area contributed by atoms with Crippen molar-refractivity contribution in [3.63, 3.8) is 0 Å². The summed E-state index contributed by atoms with van der Waals surface area (Å²) in [6.07, 6.45) is 0. The van der Waals surface area contributed by atoms with Crippen molar-refractivity contribution >= 4 is 11.7 Å². The molecule has 2 rings (SSSR count). The molecule has 0 aliphatic carbocycles. The second-order valence-corrected chi connectivity index (χ2v) is 5.23. The van der Waals surface area contributed by atoms with E-state index in [0.29, 0.717) is 11.5 Å². The van der Waals surface area contributed by atoms with Crippen LogP contribution in [0.25, 0.3) is 0 Å². The first-order valence-electron chi connectivity index (χ1n) is 7.57. The molecular weight excluding hydrogens is 320 g/mol. The predicted octanol–water partition coefficient (Wildman–Crippen LogP) is 2.34. The highest BCUT2D eigenvalue weighted by Crippen LogP contribution is 2.24. The Balaban J connectivity index is 2.15. The number of hydrogen-bond acceptors (Lipinski definition) is 5. The molecule has 0 radical (unpaired) electrons. The quantitative estimate of drug-likeness (QED) is 0.618. The molecule has 6 nitrogen and oxygen atoms in total. The van der Waals surface area contributed by atoms with Gasteiger partial charge in [-0.25, -0.2) is 0 Å². The number of carbonyl (C=O) groups excluding carboxylic acids is 2. The number of carbonyl (C=O) groups is 2. The molecule has 0 aliphatic rings. The van der Waals surface area contributed by atoms with E-state index in [1.807, 2.05) is 30.3 Å². The van der Waals surface area contributed by atoms with Crippen LogP contribution in [-0.4, -0.2) is 25.9 Å². The van der Waals surface area contributed by atoms with Gasteiger partial charge in [-0.05, 0) is 17.7 Å². The standard InChI is InChI=1S/C19H18N2O4/c1-24-15-8-14(9-16(10-15)25-2)18(22)17(11-20)19(23)21-12-13-6-4-3-5-7-13/h3-10,17H,12H2,1-2H3,(H,21,23)/t17-/m0/s1. The van der Waals surface area contributed by atoms with E-state index in [0.717, 1.165) is 5.56 Å². The number of ether oxygens (including phenoxy) is 2. The molecule has 1 N–H and O–H groups in total. The first-order valence-corrected chi connectivity index (χ1v) is 7.57. The lowest BCUT2D eigenvalue weighted by molar-refractivity contribution is -0.122. The van der Waals surface area contributed by atoms with Crippen LogP contribution in [0.1, 0.15) is 15.9 Å². The van der Waals surface area contributed by atoms with E-state index in [1.165, 1.54) is 26.4 Å². The van der Waals surface area contributed by atoms with Crippen LogP contribution in [0, 0.1) is 17.2 Å². The van der Waals surface area contributed by atoms with Crippen molar-refractivity contribution in [2.24, 2.45) is 5.92 Å². The van der Waals surface area contributed by atoms with Crippen molar-refractivity contribution in [2.75, 3.05) is 14.2 Å². The van der Waals surface area contributed by atoms with Gasteiger partial charge in [0.2, 0.25) is 5.91 Å². The Morgan fingerprint density at radius 3 is 2.20 bits per heavy atom. The zero-order valence-corrected chi connectivity index (χ0v) is 14.0. The molecule has 2 aromatic carbocycles. The lowest BCUT2D eigenvalue weighted by Crippen LogP contribution is -2.34. The third-order valence-corrected chi connectivity index (χ3v) is 3.60. The van der Waals surface area contributed by atoms with Crippen LogP contribution < -0.4 is 14.8 Å². The van der Waals surface area contributed by atoms with Crippen LogP contribution >= 0.6 is 0 Å². The molecule has 0 bridgehead atoms. The minimum atomic E-state index is -1.44. The first kappa shape index (κ1) is 18.0. The van der Waals surface area contributed by atoms with Crippen molar-refractivity contribution in [1.82, 2.24) is 5.32 Å². The van der Waals surface area contributed by atoms with Gasteiger partial charge in [0, 0.05) is 18.2 Å². The van der Waals surface area contributed by atoms with Crippen LogP contribution in [-0.2, 0) is 11.3 Å². The number of amides is 1. The summed E-state index contributed by atoms with van der Waals surface area (Å²) in [6.45, 7) is 0.243. The zero-order valence-electron chi connectivity index (χ0n) is 14.0. The fourth-order valence-electron chi connectivity index (χ4n) is 2.24. The Morgan fingerprint density at radius 2 is 1.68 bits per heavy atom. The second kappa shape index (κ2) is 8.50. The molecule has 0 aliphatic heterocycles. The Labute approximate surface area is 146 Å². The number of benzene rings is 2. The highest BCUT2D eigenvalue weighted by molar-refractivity contribution is 6.12. The molecule has 1 amide bonds. The summed E-state index contributed by atoms with van der Waals surface area (Å²) < 4.78 is 10.2. The van der Waals surface area contributed by atoms with Crippen LogP contribution in [0.15, 0.2) is 48.5 Å². The fraction of sp³-hybridized carbons (Fsp3) is 0.211. The average Bonchev–Trinajstić information content (AvgIpc) is 2.67. The zero-order chi connectivity index (χ0) is 18.2. The van der Waals surface area contributed by atoms with E-state index in [9.17, 15) is 14.9 Å². The summed E-state index contributed by atoms with van der Waals surface area (Å²) in [5.74, 6) is -1.88. The highest BCUT2D eigenvalue weighted by Gasteiger charge is 2.28. The second-order valence-electron chi connectivity index (χ2n) is 5.23. The van der Waals surface area contributed by atoms with Gasteiger partial charge in [0.15, 0.2) is 11.7 Å². The molecule has 0 heterocycles. The number of nitrogens with zero attached hydrogens (tertiary/aromatic N) is 1. The van der Waals surface area contributed by atoms with E-state index in [-0.39, 0.29) is 12.1 Å². The Bertz CT molecular complexity index is 775. The maximum atomic E-state index is 12.6. The van der Waals surface area contributed by atoms with E-state index < -0.39 is 17.6 Å². The van der Waals surface area contributed by atoms with Crippen LogP contribution in [0.3, 0.4) is 0 Å². The molecule has 0 unspecified atom stereocenters. The molecule has 6 heteroatoms. The molecule has 128 valence electrons. The number of rotatable bonds is 7. The number of nitrogens with one attached hydrogen (secondary N) is 1. The van der Waals surface area contributed by atoms with Crippen molar-refractivity contribution in [2.45, 2.75) is 6.54 Å². The van der Waals surface area contributed by atoms with Gasteiger partial charge in [0.25, 0.3) is 0 Å². The van der Waals surface area contributed by atoms with Crippen LogP contribution in [0.4, 0.5) is 0 Å². The molecule has 0 fully saturated rings. The summed E-state index contributed by atoms with van der Waals surface area (Å²) in [5.41, 5.74) is 1.06. The normalized spacial score (nSPS) is 11.1. The van der Waals surface area contributed by atoms with E-state index in [2.05, 4.69) is 5.32 Å². The van der Waals surface area contributed by atoms with Gasteiger partial charge in [-0.3, -0.25) is 9.59 Å². The van der Waals surface area contributed by atoms with E-state index >= 15 is 0 Å². The third-order valence-electron chi connectivity index (χ3n) is 3.60. The van der Waals surface area contributed by atoms with Crippen LogP contribution in [0.5, 0.6) is 11.5 Å². The molecular formula is C19H18N2O4. The summed E-state index contributed by atoms with van der Waals surface area (Å²) in [6, 6.07) is 15.6. The number of ketones is 1. The SMILES string of the molecule is COc1cc(OC)cc(C(=O)[C@H](C#N)C(=O)NCc2ccccc2)c1. The minimum absolute atomic E-state index is 0.178. The summed E-state index contributed by atoms with van der Waals surface area (Å²) in [7, 11) is 2.91. The third kappa shape index (κ3) is 4.58. The van der Waals surface area contributed by atoms with Gasteiger partial charge in [-0.1, -0.05) is 30.3 Å². The van der Waals surface area contributed by atoms with Crippen molar-refractivity contribution in [3.05, 3.63) is 59.7 Å². The Morgan fingerprint density at radius 1 is 1.08 bits per heavy atom. The Hall–Kier alpha value is -3.33. The summed E-state index contributed by atoms with van der Waals surface area (Å²) in [5, 5.41) is 11.9. The van der Waals surface area contributed by atoms with Gasteiger partial charge >= 0.3 is 0 Å².